The average Bonchev–Trinajstić information content (AvgIpc) is 2.92. The first-order valence-corrected chi connectivity index (χ1v) is 12.6. The number of nitrogens with zero attached hydrogens (tertiary/aromatic N) is 1. The van der Waals surface area contributed by atoms with Crippen LogP contribution in [0.2, 0.25) is 0 Å². The van der Waals surface area contributed by atoms with E-state index in [1.54, 1.807) is 11.9 Å². The lowest BCUT2D eigenvalue weighted by Crippen LogP contribution is -2.31. The highest BCUT2D eigenvalue weighted by molar-refractivity contribution is 5.76. The molecule has 190 valence electrons. The first-order chi connectivity index (χ1) is 17.5. The number of hydrogen-bond acceptors (Lipinski definition) is 4. The molecule has 36 heavy (non-hydrogen) atoms. The smallest absolute Gasteiger partial charge is 0.407 e. The van der Waals surface area contributed by atoms with Crippen LogP contribution in [0.3, 0.4) is 0 Å². The Morgan fingerprint density at radius 2 is 1.42 bits per heavy atom. The van der Waals surface area contributed by atoms with Crippen LogP contribution < -0.4 is 11.1 Å². The zero-order valence-electron chi connectivity index (χ0n) is 21.1. The molecule has 3 aromatic rings. The third-order valence-corrected chi connectivity index (χ3v) is 6.13. The lowest BCUT2D eigenvalue weighted by molar-refractivity contribution is -0.129. The summed E-state index contributed by atoms with van der Waals surface area (Å²) >= 11 is 0. The first kappa shape index (κ1) is 27.0. The molecule has 0 radical (unpaired) electrons. The normalized spacial score (nSPS) is 10.6. The van der Waals surface area contributed by atoms with Crippen LogP contribution in [-0.2, 0) is 29.0 Å². The van der Waals surface area contributed by atoms with E-state index in [0.717, 1.165) is 42.4 Å². The zero-order chi connectivity index (χ0) is 25.6. The molecule has 0 aromatic heterocycles. The van der Waals surface area contributed by atoms with Crippen LogP contribution in [0.1, 0.15) is 36.0 Å². The van der Waals surface area contributed by atoms with Gasteiger partial charge < -0.3 is 20.7 Å². The number of ether oxygens (including phenoxy) is 1. The summed E-state index contributed by atoms with van der Waals surface area (Å²) in [4.78, 5) is 25.6. The van der Waals surface area contributed by atoms with Gasteiger partial charge in [-0.2, -0.15) is 0 Å². The highest BCUT2D eigenvalue weighted by atomic mass is 16.5. The van der Waals surface area contributed by atoms with E-state index >= 15 is 0 Å². The first-order valence-electron chi connectivity index (χ1n) is 12.6. The number of benzene rings is 3. The molecule has 0 aliphatic carbocycles. The van der Waals surface area contributed by atoms with Crippen molar-refractivity contribution in [2.75, 3.05) is 26.7 Å². The van der Waals surface area contributed by atoms with Crippen molar-refractivity contribution in [3.8, 4) is 11.1 Å². The summed E-state index contributed by atoms with van der Waals surface area (Å²) < 4.78 is 5.23. The molecular weight excluding hydrogens is 450 g/mol. The maximum Gasteiger partial charge on any atom is 0.407 e. The molecule has 0 aliphatic heterocycles. The van der Waals surface area contributed by atoms with Gasteiger partial charge in [0.05, 0.1) is 0 Å². The van der Waals surface area contributed by atoms with Crippen LogP contribution in [0.4, 0.5) is 4.79 Å². The van der Waals surface area contributed by atoms with Gasteiger partial charge in [0.25, 0.3) is 0 Å². The lowest BCUT2D eigenvalue weighted by atomic mass is 9.99. The fourth-order valence-corrected chi connectivity index (χ4v) is 3.91. The number of carbonyl (C=O) groups is 2. The van der Waals surface area contributed by atoms with Gasteiger partial charge in [-0.15, -0.1) is 0 Å². The molecule has 0 aliphatic rings. The largest absolute Gasteiger partial charge is 0.445 e. The second kappa shape index (κ2) is 14.7. The monoisotopic (exact) mass is 487 g/mol. The number of nitrogens with two attached hydrogens (primary N) is 1. The molecule has 6 nitrogen and oxygen atoms in total. The van der Waals surface area contributed by atoms with Crippen molar-refractivity contribution in [1.29, 1.82) is 0 Å². The maximum atomic E-state index is 12.1. The predicted molar refractivity (Wildman–Crippen MR) is 144 cm³/mol. The second-order valence-corrected chi connectivity index (χ2v) is 8.94. The van der Waals surface area contributed by atoms with E-state index in [9.17, 15) is 9.59 Å². The number of carbonyl (C=O) groups excluding carboxylic acids is 2. The van der Waals surface area contributed by atoms with E-state index < -0.39 is 0 Å². The van der Waals surface area contributed by atoms with E-state index in [2.05, 4.69) is 53.8 Å². The molecular formula is C30H37N3O3. The minimum absolute atomic E-state index is 0.124. The summed E-state index contributed by atoms with van der Waals surface area (Å²) in [5.74, 6) is 0.124. The summed E-state index contributed by atoms with van der Waals surface area (Å²) in [5.41, 5.74) is 11.3. The van der Waals surface area contributed by atoms with Crippen LogP contribution in [-0.4, -0.2) is 43.6 Å². The summed E-state index contributed by atoms with van der Waals surface area (Å²) in [5, 5.41) is 2.81. The Labute approximate surface area is 214 Å². The van der Waals surface area contributed by atoms with Crippen molar-refractivity contribution >= 4 is 12.0 Å². The number of aryl methyl sites for hydroxylation is 2. The topological polar surface area (TPSA) is 84.7 Å². The molecule has 6 heteroatoms. The van der Waals surface area contributed by atoms with Gasteiger partial charge in [-0.1, -0.05) is 78.9 Å². The third kappa shape index (κ3) is 9.19. The van der Waals surface area contributed by atoms with Gasteiger partial charge in [0.15, 0.2) is 0 Å². The van der Waals surface area contributed by atoms with E-state index in [4.69, 9.17) is 10.5 Å². The quantitative estimate of drug-likeness (QED) is 0.334. The van der Waals surface area contributed by atoms with Crippen molar-refractivity contribution in [1.82, 2.24) is 10.2 Å². The van der Waals surface area contributed by atoms with Crippen molar-refractivity contribution < 1.29 is 14.3 Å². The molecule has 0 bridgehead atoms. The molecule has 0 heterocycles. The standard InChI is InChI=1S/C30H37N3O3/c1-33(22-20-31)29(34)19-14-25-12-17-28(18-13-25)27-15-10-24(11-16-27)7-5-6-21-32-30(35)36-23-26-8-3-2-4-9-26/h2-4,8-13,15-18H,5-7,14,19-23,31H2,1H3,(H,32,35). The maximum absolute atomic E-state index is 12.1. The van der Waals surface area contributed by atoms with Crippen LogP contribution in [0.25, 0.3) is 11.1 Å². The zero-order valence-corrected chi connectivity index (χ0v) is 21.1. The number of nitrogens with one attached hydrogen (secondary N) is 1. The fraction of sp³-hybridized carbons (Fsp3) is 0.333. The summed E-state index contributed by atoms with van der Waals surface area (Å²) in [7, 11) is 1.79. The van der Waals surface area contributed by atoms with E-state index in [0.29, 0.717) is 26.1 Å². The molecule has 3 N–H and O–H groups in total. The number of likely N-dealkylation sites (N-methyl/N-ethyl adjacent to an activating group) is 1. The molecule has 3 rings (SSSR count). The van der Waals surface area contributed by atoms with Crippen molar-refractivity contribution in [3.05, 3.63) is 95.6 Å². The lowest BCUT2D eigenvalue weighted by Gasteiger charge is -2.15. The molecule has 0 atom stereocenters. The third-order valence-electron chi connectivity index (χ3n) is 6.13. The van der Waals surface area contributed by atoms with Crippen LogP contribution in [0, 0.1) is 0 Å². The molecule has 3 aromatic carbocycles. The van der Waals surface area contributed by atoms with Gasteiger partial charge in [-0.3, -0.25) is 4.79 Å². The van der Waals surface area contributed by atoms with Crippen LogP contribution in [0.15, 0.2) is 78.9 Å². The molecule has 2 amide bonds. The fourth-order valence-electron chi connectivity index (χ4n) is 3.91. The van der Waals surface area contributed by atoms with E-state index in [1.807, 2.05) is 30.3 Å². The highest BCUT2D eigenvalue weighted by Gasteiger charge is 2.08. The minimum Gasteiger partial charge on any atom is -0.445 e. The second-order valence-electron chi connectivity index (χ2n) is 8.94. The molecule has 0 unspecified atom stereocenters. The number of alkyl carbamates (subject to hydrolysis) is 1. The molecule has 0 fully saturated rings. The highest BCUT2D eigenvalue weighted by Crippen LogP contribution is 2.21. The Balaban J connectivity index is 1.34. The predicted octanol–water partition coefficient (Wildman–Crippen LogP) is 4.95. The van der Waals surface area contributed by atoms with E-state index in [1.165, 1.54) is 11.1 Å². The van der Waals surface area contributed by atoms with Gasteiger partial charge in [0.2, 0.25) is 5.91 Å². The summed E-state index contributed by atoms with van der Waals surface area (Å²) in [6.07, 6.45) is 3.70. The Hall–Kier alpha value is -3.64. The SMILES string of the molecule is CN(CCN)C(=O)CCc1ccc(-c2ccc(CCCCNC(=O)OCc3ccccc3)cc2)cc1. The Bertz CT molecular complexity index is 1070. The number of unbranched alkanes of at least 4 members (excludes halogenated alkanes) is 1. The van der Waals surface area contributed by atoms with Gasteiger partial charge in [0, 0.05) is 33.1 Å². The Kier molecular flexibility index (Phi) is 11.0. The van der Waals surface area contributed by atoms with Gasteiger partial charge in [0.1, 0.15) is 6.61 Å². The molecule has 0 spiro atoms. The van der Waals surface area contributed by atoms with Crippen molar-refractivity contribution in [2.24, 2.45) is 5.73 Å². The van der Waals surface area contributed by atoms with Crippen molar-refractivity contribution in [2.45, 2.75) is 38.7 Å². The molecule has 0 saturated heterocycles. The van der Waals surface area contributed by atoms with E-state index in [-0.39, 0.29) is 18.6 Å². The Morgan fingerprint density at radius 3 is 2.03 bits per heavy atom. The van der Waals surface area contributed by atoms with Crippen LogP contribution >= 0.6 is 0 Å². The summed E-state index contributed by atoms with van der Waals surface area (Å²) in [6, 6.07) is 26.7. The average molecular weight is 488 g/mol. The number of rotatable bonds is 13. The van der Waals surface area contributed by atoms with Gasteiger partial charge in [-0.05, 0) is 53.5 Å². The summed E-state index contributed by atoms with van der Waals surface area (Å²) in [6.45, 7) is 1.97. The van der Waals surface area contributed by atoms with Crippen LogP contribution in [0.5, 0.6) is 0 Å². The number of amides is 2. The molecule has 0 saturated carbocycles. The van der Waals surface area contributed by atoms with Crippen molar-refractivity contribution in [3.63, 3.8) is 0 Å². The number of hydrogen-bond donors (Lipinski definition) is 2. The Morgan fingerprint density at radius 1 is 0.806 bits per heavy atom. The van der Waals surface area contributed by atoms with Gasteiger partial charge >= 0.3 is 6.09 Å². The van der Waals surface area contributed by atoms with Gasteiger partial charge in [-0.25, -0.2) is 4.79 Å². The minimum atomic E-state index is -0.375.